The number of carbonyl (C=O) groups is 1. The van der Waals surface area contributed by atoms with Crippen molar-refractivity contribution in [2.24, 2.45) is 0 Å². The number of hydrogen-bond donors (Lipinski definition) is 1. The Morgan fingerprint density at radius 3 is 2.58 bits per heavy atom. The summed E-state index contributed by atoms with van der Waals surface area (Å²) in [6, 6.07) is 11.3. The average molecular weight is 365 g/mol. The van der Waals surface area contributed by atoms with Gasteiger partial charge in [0, 0.05) is 30.2 Å². The van der Waals surface area contributed by atoms with E-state index in [0.29, 0.717) is 0 Å². The molecule has 0 saturated carbocycles. The van der Waals surface area contributed by atoms with E-state index < -0.39 is 0 Å². The maximum atomic E-state index is 12.2. The molecule has 3 aromatic rings. The zero-order valence-corrected chi connectivity index (χ0v) is 15.2. The molecule has 0 aliphatic heterocycles. The highest BCUT2D eigenvalue weighted by atomic mass is 32.2. The van der Waals surface area contributed by atoms with Crippen molar-refractivity contribution in [3.63, 3.8) is 0 Å². The van der Waals surface area contributed by atoms with Gasteiger partial charge in [0.25, 0.3) is 0 Å². The quantitative estimate of drug-likeness (QED) is 0.646. The summed E-state index contributed by atoms with van der Waals surface area (Å²) in [5.74, 6) is 0.952. The Labute approximate surface area is 156 Å². The van der Waals surface area contributed by atoms with E-state index in [-0.39, 0.29) is 11.7 Å². The first-order valence-electron chi connectivity index (χ1n) is 8.20. The first kappa shape index (κ1) is 17.9. The lowest BCUT2D eigenvalue weighted by atomic mass is 10.2. The topological polar surface area (TPSA) is 72.7 Å². The Kier molecular flexibility index (Phi) is 5.80. The van der Waals surface area contributed by atoms with Crippen molar-refractivity contribution < 1.29 is 4.79 Å². The Balaban J connectivity index is 1.64. The van der Waals surface area contributed by atoms with Crippen LogP contribution in [0.2, 0.25) is 0 Å². The van der Waals surface area contributed by atoms with Crippen molar-refractivity contribution in [1.29, 1.82) is 0 Å². The molecule has 1 N–H and O–H groups in total. The number of nitrogens with zero attached hydrogens (tertiary/aromatic N) is 4. The molecule has 0 aliphatic rings. The summed E-state index contributed by atoms with van der Waals surface area (Å²) < 4.78 is 1.99. The van der Waals surface area contributed by atoms with Gasteiger partial charge in [0.05, 0.1) is 5.75 Å². The molecule has 0 radical (unpaired) electrons. The number of pyridine rings is 1. The van der Waals surface area contributed by atoms with Gasteiger partial charge in [-0.1, -0.05) is 36.5 Å². The fraction of sp³-hybridized carbons (Fsp3) is 0.158. The summed E-state index contributed by atoms with van der Waals surface area (Å²) in [5, 5.41) is 12.1. The number of thioether (sulfide) groups is 1. The third-order valence-electron chi connectivity index (χ3n) is 3.73. The van der Waals surface area contributed by atoms with E-state index in [1.807, 2.05) is 47.9 Å². The van der Waals surface area contributed by atoms with Crippen molar-refractivity contribution in [3.05, 3.63) is 60.9 Å². The number of carbonyl (C=O) groups excluding carboxylic acids is 1. The number of aromatic nitrogens is 4. The minimum absolute atomic E-state index is 0.0857. The van der Waals surface area contributed by atoms with Crippen LogP contribution in [0, 0.1) is 0 Å². The Morgan fingerprint density at radius 2 is 1.92 bits per heavy atom. The number of rotatable bonds is 7. The van der Waals surface area contributed by atoms with Gasteiger partial charge in [0.1, 0.15) is 0 Å². The van der Waals surface area contributed by atoms with Gasteiger partial charge in [-0.25, -0.2) is 0 Å². The second-order valence-corrected chi connectivity index (χ2v) is 6.39. The number of anilines is 1. The molecule has 3 rings (SSSR count). The molecule has 0 saturated heterocycles. The molecule has 2 heterocycles. The molecule has 7 heteroatoms. The molecular formula is C19H19N5OS. The predicted molar refractivity (Wildman–Crippen MR) is 105 cm³/mol. The van der Waals surface area contributed by atoms with Crippen molar-refractivity contribution >= 4 is 29.4 Å². The van der Waals surface area contributed by atoms with Gasteiger partial charge in [0.2, 0.25) is 5.91 Å². The van der Waals surface area contributed by atoms with Crippen LogP contribution in [0.15, 0.2) is 60.5 Å². The van der Waals surface area contributed by atoms with Crippen LogP contribution in [0.4, 0.5) is 5.69 Å². The highest BCUT2D eigenvalue weighted by molar-refractivity contribution is 7.99. The summed E-state index contributed by atoms with van der Waals surface area (Å²) in [6.07, 6.45) is 5.21. The Morgan fingerprint density at radius 1 is 1.19 bits per heavy atom. The lowest BCUT2D eigenvalue weighted by Gasteiger charge is -2.08. The predicted octanol–water partition coefficient (Wildman–Crippen LogP) is 3.73. The first-order chi connectivity index (χ1) is 12.7. The van der Waals surface area contributed by atoms with Crippen LogP contribution in [0.5, 0.6) is 0 Å². The molecule has 0 aliphatic carbocycles. The summed E-state index contributed by atoms with van der Waals surface area (Å²) in [4.78, 5) is 16.2. The van der Waals surface area contributed by atoms with Crippen LogP contribution in [-0.4, -0.2) is 31.4 Å². The molecule has 0 unspecified atom stereocenters. The molecular weight excluding hydrogens is 346 g/mol. The van der Waals surface area contributed by atoms with Gasteiger partial charge >= 0.3 is 0 Å². The number of amides is 1. The third kappa shape index (κ3) is 4.18. The van der Waals surface area contributed by atoms with Crippen molar-refractivity contribution in [2.45, 2.75) is 18.6 Å². The smallest absolute Gasteiger partial charge is 0.234 e. The van der Waals surface area contributed by atoms with Crippen LogP contribution in [0.1, 0.15) is 12.5 Å². The highest BCUT2D eigenvalue weighted by Gasteiger charge is 2.14. The number of nitrogens with one attached hydrogen (secondary N) is 1. The molecule has 0 spiro atoms. The molecule has 1 amide bonds. The standard InChI is InChI=1S/C19H19N5OS/c1-3-14-5-7-16(8-6-14)21-17(25)13-26-19-23-22-18(24(19)4-2)15-9-11-20-12-10-15/h3,5-12H,1,4,13H2,2H3,(H,21,25). The molecule has 1 aromatic carbocycles. The van der Waals surface area contributed by atoms with E-state index in [1.165, 1.54) is 11.8 Å². The molecule has 0 fully saturated rings. The van der Waals surface area contributed by atoms with Gasteiger partial charge in [0.15, 0.2) is 11.0 Å². The highest BCUT2D eigenvalue weighted by Crippen LogP contribution is 2.23. The second-order valence-electron chi connectivity index (χ2n) is 5.45. The lowest BCUT2D eigenvalue weighted by molar-refractivity contribution is -0.113. The SMILES string of the molecule is C=Cc1ccc(NC(=O)CSc2nnc(-c3ccncc3)n2CC)cc1. The first-order valence-corrected chi connectivity index (χ1v) is 9.18. The fourth-order valence-electron chi connectivity index (χ4n) is 2.42. The van der Waals surface area contributed by atoms with E-state index >= 15 is 0 Å². The molecule has 0 bridgehead atoms. The van der Waals surface area contributed by atoms with E-state index in [1.54, 1.807) is 18.5 Å². The zero-order valence-electron chi connectivity index (χ0n) is 14.4. The molecule has 26 heavy (non-hydrogen) atoms. The van der Waals surface area contributed by atoms with Crippen molar-refractivity contribution in [1.82, 2.24) is 19.7 Å². The van der Waals surface area contributed by atoms with Crippen molar-refractivity contribution in [3.8, 4) is 11.4 Å². The van der Waals surface area contributed by atoms with E-state index in [4.69, 9.17) is 0 Å². The molecule has 132 valence electrons. The monoisotopic (exact) mass is 365 g/mol. The Hall–Kier alpha value is -2.93. The molecule has 0 atom stereocenters. The van der Waals surface area contributed by atoms with Crippen LogP contribution in [0.3, 0.4) is 0 Å². The van der Waals surface area contributed by atoms with Crippen molar-refractivity contribution in [2.75, 3.05) is 11.1 Å². The van der Waals surface area contributed by atoms with Gasteiger partial charge in [-0.15, -0.1) is 10.2 Å². The zero-order chi connectivity index (χ0) is 18.4. The number of benzene rings is 1. The molecule has 2 aromatic heterocycles. The van der Waals surface area contributed by atoms with Crippen LogP contribution < -0.4 is 5.32 Å². The van der Waals surface area contributed by atoms with Gasteiger partial charge in [-0.05, 0) is 36.8 Å². The normalized spacial score (nSPS) is 10.5. The van der Waals surface area contributed by atoms with Gasteiger partial charge in [-0.2, -0.15) is 0 Å². The van der Waals surface area contributed by atoms with Gasteiger partial charge in [-0.3, -0.25) is 9.78 Å². The number of hydrogen-bond acceptors (Lipinski definition) is 5. The summed E-state index contributed by atoms with van der Waals surface area (Å²) >= 11 is 1.37. The van der Waals surface area contributed by atoms with E-state index in [9.17, 15) is 4.79 Å². The summed E-state index contributed by atoms with van der Waals surface area (Å²) in [7, 11) is 0. The molecule has 6 nitrogen and oxygen atoms in total. The maximum absolute atomic E-state index is 12.2. The van der Waals surface area contributed by atoms with E-state index in [0.717, 1.165) is 34.3 Å². The summed E-state index contributed by atoms with van der Waals surface area (Å²) in [6.45, 7) is 6.46. The lowest BCUT2D eigenvalue weighted by Crippen LogP contribution is -2.14. The maximum Gasteiger partial charge on any atom is 0.234 e. The largest absolute Gasteiger partial charge is 0.325 e. The van der Waals surface area contributed by atoms with Gasteiger partial charge < -0.3 is 9.88 Å². The van der Waals surface area contributed by atoms with E-state index in [2.05, 4.69) is 27.1 Å². The van der Waals surface area contributed by atoms with Crippen LogP contribution in [-0.2, 0) is 11.3 Å². The van der Waals surface area contributed by atoms with Crippen LogP contribution >= 0.6 is 11.8 Å². The Bertz CT molecular complexity index is 890. The second kappa shape index (κ2) is 8.44. The third-order valence-corrected chi connectivity index (χ3v) is 4.70. The minimum Gasteiger partial charge on any atom is -0.325 e. The average Bonchev–Trinajstić information content (AvgIpc) is 3.10. The minimum atomic E-state index is -0.0857. The van der Waals surface area contributed by atoms with Crippen LogP contribution in [0.25, 0.3) is 17.5 Å². The summed E-state index contributed by atoms with van der Waals surface area (Å²) in [5.41, 5.74) is 2.72. The fourth-order valence-corrected chi connectivity index (χ4v) is 3.23.